The fourth-order valence-electron chi connectivity index (χ4n) is 2.62. The Bertz CT molecular complexity index is 479. The monoisotopic (exact) mass is 290 g/mol. The van der Waals surface area contributed by atoms with Crippen molar-refractivity contribution in [1.29, 1.82) is 0 Å². The molecule has 0 atom stereocenters. The molecule has 1 aromatic heterocycles. The molecule has 1 amide bonds. The predicted octanol–water partition coefficient (Wildman–Crippen LogP) is 3.05. The molecule has 0 spiro atoms. The van der Waals surface area contributed by atoms with E-state index in [0.717, 1.165) is 31.8 Å². The Morgan fingerprint density at radius 2 is 1.81 bits per heavy atom. The molecule has 1 aliphatic heterocycles. The van der Waals surface area contributed by atoms with Crippen LogP contribution < -0.4 is 5.32 Å². The number of anilines is 1. The number of aromatic nitrogens is 2. The van der Waals surface area contributed by atoms with E-state index >= 15 is 0 Å². The maximum atomic E-state index is 12.8. The zero-order chi connectivity index (χ0) is 15.2. The molecule has 5 nitrogen and oxygen atoms in total. The summed E-state index contributed by atoms with van der Waals surface area (Å²) in [5, 5.41) is 3.04. The number of carbonyl (C=O) groups is 1. The summed E-state index contributed by atoms with van der Waals surface area (Å²) in [6, 6.07) is 0. The molecule has 1 N–H and O–H groups in total. The van der Waals surface area contributed by atoms with Crippen LogP contribution in [0.2, 0.25) is 0 Å². The van der Waals surface area contributed by atoms with E-state index in [1.54, 1.807) is 13.2 Å². The SMILES string of the molecule is CNc1cnc(C(C)C)nc1C(=O)N1CCCCCCC1. The first-order valence-corrected chi connectivity index (χ1v) is 7.97. The lowest BCUT2D eigenvalue weighted by atomic mass is 10.1. The summed E-state index contributed by atoms with van der Waals surface area (Å²) < 4.78 is 0. The van der Waals surface area contributed by atoms with Gasteiger partial charge < -0.3 is 10.2 Å². The zero-order valence-electron chi connectivity index (χ0n) is 13.4. The average molecular weight is 290 g/mol. The van der Waals surface area contributed by atoms with Crippen LogP contribution in [-0.4, -0.2) is 40.9 Å². The van der Waals surface area contributed by atoms with Gasteiger partial charge in [-0.2, -0.15) is 0 Å². The van der Waals surface area contributed by atoms with Gasteiger partial charge in [0, 0.05) is 26.1 Å². The van der Waals surface area contributed by atoms with Crippen LogP contribution in [-0.2, 0) is 0 Å². The maximum Gasteiger partial charge on any atom is 0.274 e. The molecule has 21 heavy (non-hydrogen) atoms. The second-order valence-electron chi connectivity index (χ2n) is 5.96. The number of carbonyl (C=O) groups excluding carboxylic acids is 1. The van der Waals surface area contributed by atoms with Crippen LogP contribution in [0, 0.1) is 0 Å². The van der Waals surface area contributed by atoms with Crippen molar-refractivity contribution in [2.45, 2.75) is 51.9 Å². The number of amides is 1. The Labute approximate surface area is 127 Å². The first-order chi connectivity index (χ1) is 10.1. The van der Waals surface area contributed by atoms with Gasteiger partial charge in [0.05, 0.1) is 11.9 Å². The van der Waals surface area contributed by atoms with Crippen LogP contribution >= 0.6 is 0 Å². The standard InChI is InChI=1S/C16H26N4O/c1-12(2)15-18-11-13(17-3)14(19-15)16(21)20-9-7-5-4-6-8-10-20/h11-12,17H,4-10H2,1-3H3. The minimum atomic E-state index is 0.0329. The Morgan fingerprint density at radius 3 is 2.38 bits per heavy atom. The summed E-state index contributed by atoms with van der Waals surface area (Å²) in [6.07, 6.45) is 7.60. The van der Waals surface area contributed by atoms with E-state index in [9.17, 15) is 4.79 Å². The fourth-order valence-corrected chi connectivity index (χ4v) is 2.62. The fraction of sp³-hybridized carbons (Fsp3) is 0.688. The van der Waals surface area contributed by atoms with E-state index in [-0.39, 0.29) is 11.8 Å². The van der Waals surface area contributed by atoms with Crippen molar-refractivity contribution >= 4 is 11.6 Å². The topological polar surface area (TPSA) is 58.1 Å². The number of hydrogen-bond acceptors (Lipinski definition) is 4. The number of nitrogens with one attached hydrogen (secondary N) is 1. The van der Waals surface area contributed by atoms with Gasteiger partial charge >= 0.3 is 0 Å². The zero-order valence-corrected chi connectivity index (χ0v) is 13.4. The first-order valence-electron chi connectivity index (χ1n) is 7.97. The maximum absolute atomic E-state index is 12.8. The third kappa shape index (κ3) is 3.93. The highest BCUT2D eigenvalue weighted by atomic mass is 16.2. The van der Waals surface area contributed by atoms with Crippen LogP contribution in [0.5, 0.6) is 0 Å². The average Bonchev–Trinajstić information content (AvgIpc) is 2.45. The molecule has 1 saturated heterocycles. The summed E-state index contributed by atoms with van der Waals surface area (Å²) in [4.78, 5) is 23.6. The molecule has 0 aromatic carbocycles. The van der Waals surface area contributed by atoms with Gasteiger partial charge in [-0.15, -0.1) is 0 Å². The molecule has 0 saturated carbocycles. The molecule has 0 unspecified atom stereocenters. The summed E-state index contributed by atoms with van der Waals surface area (Å²) in [7, 11) is 1.80. The Morgan fingerprint density at radius 1 is 1.19 bits per heavy atom. The van der Waals surface area contributed by atoms with Gasteiger partial charge in [0.25, 0.3) is 5.91 Å². The highest BCUT2D eigenvalue weighted by Crippen LogP contribution is 2.19. The van der Waals surface area contributed by atoms with E-state index in [2.05, 4.69) is 15.3 Å². The number of hydrogen-bond donors (Lipinski definition) is 1. The van der Waals surface area contributed by atoms with Crippen LogP contribution in [0.1, 0.15) is 68.2 Å². The van der Waals surface area contributed by atoms with E-state index in [4.69, 9.17) is 0 Å². The van der Waals surface area contributed by atoms with Crippen molar-refractivity contribution in [3.63, 3.8) is 0 Å². The lowest BCUT2D eigenvalue weighted by Crippen LogP contribution is -2.35. The molecular formula is C16H26N4O. The summed E-state index contributed by atoms with van der Waals surface area (Å²) in [5.74, 6) is 0.977. The number of nitrogens with zero attached hydrogens (tertiary/aromatic N) is 3. The van der Waals surface area contributed by atoms with Gasteiger partial charge in [-0.1, -0.05) is 33.1 Å². The van der Waals surface area contributed by atoms with Gasteiger partial charge in [-0.25, -0.2) is 9.97 Å². The Balaban J connectivity index is 2.25. The minimum absolute atomic E-state index is 0.0329. The molecule has 0 bridgehead atoms. The normalized spacial score (nSPS) is 16.5. The molecule has 2 heterocycles. The van der Waals surface area contributed by atoms with Gasteiger partial charge in [0.2, 0.25) is 0 Å². The Hall–Kier alpha value is -1.65. The van der Waals surface area contributed by atoms with E-state index in [1.807, 2.05) is 18.7 Å². The van der Waals surface area contributed by atoms with Crippen LogP contribution in [0.4, 0.5) is 5.69 Å². The van der Waals surface area contributed by atoms with Crippen molar-refractivity contribution in [2.24, 2.45) is 0 Å². The van der Waals surface area contributed by atoms with E-state index < -0.39 is 0 Å². The minimum Gasteiger partial charge on any atom is -0.385 e. The summed E-state index contributed by atoms with van der Waals surface area (Å²) >= 11 is 0. The third-order valence-electron chi connectivity index (χ3n) is 3.94. The van der Waals surface area contributed by atoms with Gasteiger partial charge in [-0.3, -0.25) is 4.79 Å². The van der Waals surface area contributed by atoms with Crippen molar-refractivity contribution < 1.29 is 4.79 Å². The van der Waals surface area contributed by atoms with Gasteiger partial charge in [0.15, 0.2) is 5.69 Å². The second kappa shape index (κ2) is 7.38. The van der Waals surface area contributed by atoms with Crippen LogP contribution in [0.15, 0.2) is 6.20 Å². The molecular weight excluding hydrogens is 264 g/mol. The van der Waals surface area contributed by atoms with E-state index in [0.29, 0.717) is 11.4 Å². The molecule has 116 valence electrons. The lowest BCUT2D eigenvalue weighted by Gasteiger charge is -2.25. The highest BCUT2D eigenvalue weighted by Gasteiger charge is 2.22. The van der Waals surface area contributed by atoms with Crippen molar-refractivity contribution in [3.8, 4) is 0 Å². The lowest BCUT2D eigenvalue weighted by molar-refractivity contribution is 0.0737. The summed E-state index contributed by atoms with van der Waals surface area (Å²) in [5.41, 5.74) is 1.23. The van der Waals surface area contributed by atoms with Crippen molar-refractivity contribution in [3.05, 3.63) is 17.7 Å². The Kier molecular flexibility index (Phi) is 5.53. The second-order valence-corrected chi connectivity index (χ2v) is 5.96. The largest absolute Gasteiger partial charge is 0.385 e. The molecule has 1 aromatic rings. The highest BCUT2D eigenvalue weighted by molar-refractivity contribution is 5.97. The molecule has 1 fully saturated rings. The molecule has 2 rings (SSSR count). The predicted molar refractivity (Wildman–Crippen MR) is 84.7 cm³/mol. The van der Waals surface area contributed by atoms with Gasteiger partial charge in [0.1, 0.15) is 5.82 Å². The number of likely N-dealkylation sites (tertiary alicyclic amines) is 1. The molecule has 1 aliphatic rings. The molecule has 0 radical (unpaired) electrons. The molecule has 0 aliphatic carbocycles. The molecule has 5 heteroatoms. The van der Waals surface area contributed by atoms with E-state index in [1.165, 1.54) is 19.3 Å². The van der Waals surface area contributed by atoms with Crippen molar-refractivity contribution in [2.75, 3.05) is 25.5 Å². The quantitative estimate of drug-likeness (QED) is 0.929. The number of rotatable bonds is 3. The third-order valence-corrected chi connectivity index (χ3v) is 3.94. The smallest absolute Gasteiger partial charge is 0.274 e. The van der Waals surface area contributed by atoms with Crippen molar-refractivity contribution in [1.82, 2.24) is 14.9 Å². The van der Waals surface area contributed by atoms with Crippen LogP contribution in [0.3, 0.4) is 0 Å². The summed E-state index contributed by atoms with van der Waals surface area (Å²) in [6.45, 7) is 5.75. The van der Waals surface area contributed by atoms with Crippen LogP contribution in [0.25, 0.3) is 0 Å². The van der Waals surface area contributed by atoms with Gasteiger partial charge in [-0.05, 0) is 12.8 Å². The first kappa shape index (κ1) is 15.7.